The van der Waals surface area contributed by atoms with Crippen LogP contribution in [-0.2, 0) is 4.74 Å². The molecule has 2 N–H and O–H groups in total. The van der Waals surface area contributed by atoms with Crippen molar-refractivity contribution in [3.63, 3.8) is 0 Å². The topological polar surface area (TPSA) is 90.8 Å². The van der Waals surface area contributed by atoms with Crippen molar-refractivity contribution in [3.8, 4) is 6.07 Å². The van der Waals surface area contributed by atoms with Gasteiger partial charge in [0.15, 0.2) is 0 Å². The van der Waals surface area contributed by atoms with Gasteiger partial charge in [0.25, 0.3) is 0 Å². The zero-order valence-electron chi connectivity index (χ0n) is 7.70. The molecule has 0 saturated heterocycles. The number of ether oxygens (including phenoxy) is 1. The molecule has 6 nitrogen and oxygen atoms in total. The van der Waals surface area contributed by atoms with Crippen molar-refractivity contribution >= 4 is 5.82 Å². The number of aromatic amines is 1. The lowest BCUT2D eigenvalue weighted by Gasteiger charge is -2.03. The third kappa shape index (κ3) is 2.88. The van der Waals surface area contributed by atoms with Gasteiger partial charge in [-0.3, -0.25) is 4.98 Å². The Bertz CT molecular complexity index is 393. The van der Waals surface area contributed by atoms with Crippen molar-refractivity contribution < 1.29 is 4.74 Å². The quantitative estimate of drug-likeness (QED) is 0.642. The van der Waals surface area contributed by atoms with Crippen LogP contribution in [0.5, 0.6) is 0 Å². The SMILES string of the molecule is COCCNc1cc(C#N)[nH]c(=O)n1. The zero-order chi connectivity index (χ0) is 10.4. The Kier molecular flexibility index (Phi) is 3.64. The molecular formula is C8H10N4O2. The lowest BCUT2D eigenvalue weighted by Crippen LogP contribution is -2.16. The summed E-state index contributed by atoms with van der Waals surface area (Å²) in [5.74, 6) is 0.377. The van der Waals surface area contributed by atoms with Gasteiger partial charge < -0.3 is 10.1 Å². The smallest absolute Gasteiger partial charge is 0.347 e. The van der Waals surface area contributed by atoms with E-state index in [4.69, 9.17) is 10.00 Å². The zero-order valence-corrected chi connectivity index (χ0v) is 7.70. The predicted molar refractivity (Wildman–Crippen MR) is 49.9 cm³/mol. The summed E-state index contributed by atoms with van der Waals surface area (Å²) in [5, 5.41) is 11.4. The van der Waals surface area contributed by atoms with Gasteiger partial charge in [0, 0.05) is 19.7 Å². The van der Waals surface area contributed by atoms with E-state index in [1.807, 2.05) is 6.07 Å². The molecule has 1 heterocycles. The Balaban J connectivity index is 2.73. The fraction of sp³-hybridized carbons (Fsp3) is 0.375. The molecule has 0 radical (unpaired) electrons. The van der Waals surface area contributed by atoms with Gasteiger partial charge >= 0.3 is 5.69 Å². The number of anilines is 1. The van der Waals surface area contributed by atoms with Crippen LogP contribution in [0.4, 0.5) is 5.82 Å². The fourth-order valence-corrected chi connectivity index (χ4v) is 0.890. The van der Waals surface area contributed by atoms with Crippen LogP contribution in [0, 0.1) is 11.3 Å². The monoisotopic (exact) mass is 194 g/mol. The normalized spacial score (nSPS) is 9.43. The lowest BCUT2D eigenvalue weighted by molar-refractivity contribution is 0.210. The Hall–Kier alpha value is -1.87. The third-order valence-corrected chi connectivity index (χ3v) is 1.48. The highest BCUT2D eigenvalue weighted by molar-refractivity contribution is 5.38. The number of methoxy groups -OCH3 is 1. The van der Waals surface area contributed by atoms with Crippen molar-refractivity contribution in [2.24, 2.45) is 0 Å². The van der Waals surface area contributed by atoms with E-state index < -0.39 is 5.69 Å². The van der Waals surface area contributed by atoms with Crippen LogP contribution in [0.25, 0.3) is 0 Å². The van der Waals surface area contributed by atoms with E-state index in [1.165, 1.54) is 6.07 Å². The second kappa shape index (κ2) is 4.99. The number of nitrogens with zero attached hydrogens (tertiary/aromatic N) is 2. The van der Waals surface area contributed by atoms with Gasteiger partial charge in [-0.2, -0.15) is 10.2 Å². The van der Waals surface area contributed by atoms with Crippen LogP contribution in [0.3, 0.4) is 0 Å². The molecule has 0 aromatic carbocycles. The molecule has 0 bridgehead atoms. The van der Waals surface area contributed by atoms with E-state index in [1.54, 1.807) is 7.11 Å². The van der Waals surface area contributed by atoms with Crippen molar-refractivity contribution in [2.45, 2.75) is 0 Å². The summed E-state index contributed by atoms with van der Waals surface area (Å²) in [5.41, 5.74) is -0.353. The van der Waals surface area contributed by atoms with E-state index in [2.05, 4.69) is 15.3 Å². The minimum Gasteiger partial charge on any atom is -0.383 e. The highest BCUT2D eigenvalue weighted by Gasteiger charge is 1.98. The molecule has 0 amide bonds. The number of nitrogens with one attached hydrogen (secondary N) is 2. The molecule has 14 heavy (non-hydrogen) atoms. The first-order valence-electron chi connectivity index (χ1n) is 4.00. The number of hydrogen-bond donors (Lipinski definition) is 2. The first-order chi connectivity index (χ1) is 6.76. The van der Waals surface area contributed by atoms with Crippen molar-refractivity contribution in [1.82, 2.24) is 9.97 Å². The molecule has 0 fully saturated rings. The summed E-state index contributed by atoms with van der Waals surface area (Å²) in [7, 11) is 1.58. The summed E-state index contributed by atoms with van der Waals surface area (Å²) in [6.07, 6.45) is 0. The first-order valence-corrected chi connectivity index (χ1v) is 4.00. The number of aromatic nitrogens is 2. The molecule has 0 aliphatic rings. The maximum atomic E-state index is 10.9. The predicted octanol–water partition coefficient (Wildman–Crippen LogP) is -0.300. The van der Waals surface area contributed by atoms with Gasteiger partial charge in [0.1, 0.15) is 17.6 Å². The van der Waals surface area contributed by atoms with E-state index in [0.29, 0.717) is 19.0 Å². The van der Waals surface area contributed by atoms with Crippen LogP contribution in [0.1, 0.15) is 5.69 Å². The molecular weight excluding hydrogens is 184 g/mol. The molecule has 0 unspecified atom stereocenters. The summed E-state index contributed by atoms with van der Waals surface area (Å²) in [4.78, 5) is 16.8. The fourth-order valence-electron chi connectivity index (χ4n) is 0.890. The molecule has 6 heteroatoms. The van der Waals surface area contributed by atoms with Gasteiger partial charge in [0.05, 0.1) is 6.61 Å². The van der Waals surface area contributed by atoms with Crippen LogP contribution >= 0.6 is 0 Å². The maximum Gasteiger partial charge on any atom is 0.347 e. The highest BCUT2D eigenvalue weighted by atomic mass is 16.5. The van der Waals surface area contributed by atoms with Gasteiger partial charge in [-0.1, -0.05) is 0 Å². The molecule has 0 saturated carbocycles. The second-order valence-electron chi connectivity index (χ2n) is 2.52. The molecule has 74 valence electrons. The first kappa shape index (κ1) is 10.2. The van der Waals surface area contributed by atoms with Crippen LogP contribution < -0.4 is 11.0 Å². The Morgan fingerprint density at radius 3 is 3.21 bits per heavy atom. The maximum absolute atomic E-state index is 10.9. The summed E-state index contributed by atoms with van der Waals surface area (Å²) < 4.78 is 4.81. The molecule has 0 atom stereocenters. The Morgan fingerprint density at radius 1 is 1.79 bits per heavy atom. The summed E-state index contributed by atoms with van der Waals surface area (Å²) in [6, 6.07) is 3.30. The second-order valence-corrected chi connectivity index (χ2v) is 2.52. The van der Waals surface area contributed by atoms with E-state index in [0.717, 1.165) is 0 Å². The van der Waals surface area contributed by atoms with Gasteiger partial charge in [0.2, 0.25) is 0 Å². The van der Waals surface area contributed by atoms with Crippen molar-refractivity contribution in [3.05, 3.63) is 22.2 Å². The van der Waals surface area contributed by atoms with Crippen LogP contribution in [0.2, 0.25) is 0 Å². The number of nitriles is 1. The highest BCUT2D eigenvalue weighted by Crippen LogP contribution is 1.99. The molecule has 0 aliphatic heterocycles. The van der Waals surface area contributed by atoms with E-state index in [-0.39, 0.29) is 5.69 Å². The molecule has 0 aliphatic carbocycles. The van der Waals surface area contributed by atoms with E-state index >= 15 is 0 Å². The number of rotatable bonds is 4. The van der Waals surface area contributed by atoms with Gasteiger partial charge in [-0.25, -0.2) is 4.79 Å². The van der Waals surface area contributed by atoms with Crippen molar-refractivity contribution in [1.29, 1.82) is 5.26 Å². The third-order valence-electron chi connectivity index (χ3n) is 1.48. The summed E-state index contributed by atoms with van der Waals surface area (Å²) in [6.45, 7) is 1.05. The molecule has 0 spiro atoms. The number of H-pyrrole nitrogens is 1. The average molecular weight is 194 g/mol. The minimum atomic E-state index is -0.538. The summed E-state index contributed by atoms with van der Waals surface area (Å²) >= 11 is 0. The molecule has 1 aromatic heterocycles. The van der Waals surface area contributed by atoms with Crippen LogP contribution in [-0.4, -0.2) is 30.2 Å². The molecule has 1 rings (SSSR count). The van der Waals surface area contributed by atoms with Crippen LogP contribution in [0.15, 0.2) is 10.9 Å². The Labute approximate surface area is 80.5 Å². The Morgan fingerprint density at radius 2 is 2.57 bits per heavy atom. The standard InChI is InChI=1S/C8H10N4O2/c1-14-3-2-10-7-4-6(5-9)11-8(13)12-7/h4H,2-3H2,1H3,(H2,10,11,12,13). The van der Waals surface area contributed by atoms with Gasteiger partial charge in [-0.15, -0.1) is 0 Å². The average Bonchev–Trinajstić information content (AvgIpc) is 2.17. The lowest BCUT2D eigenvalue weighted by atomic mass is 10.4. The molecule has 1 aromatic rings. The van der Waals surface area contributed by atoms with Gasteiger partial charge in [-0.05, 0) is 0 Å². The minimum absolute atomic E-state index is 0.185. The number of hydrogen-bond acceptors (Lipinski definition) is 5. The van der Waals surface area contributed by atoms with E-state index in [9.17, 15) is 4.79 Å². The largest absolute Gasteiger partial charge is 0.383 e. The van der Waals surface area contributed by atoms with Crippen molar-refractivity contribution in [2.75, 3.05) is 25.6 Å².